The summed E-state index contributed by atoms with van der Waals surface area (Å²) in [6, 6.07) is 16.5. The lowest BCUT2D eigenvalue weighted by molar-refractivity contribution is -0.137. The number of para-hydroxylation sites is 1. The van der Waals surface area contributed by atoms with E-state index in [1.165, 1.54) is 21.6 Å². The van der Waals surface area contributed by atoms with Gasteiger partial charge in [0.25, 0.3) is 11.5 Å². The lowest BCUT2D eigenvalue weighted by Gasteiger charge is -2.31. The van der Waals surface area contributed by atoms with Crippen molar-refractivity contribution in [3.05, 3.63) is 105 Å². The lowest BCUT2D eigenvalue weighted by Crippen LogP contribution is -2.38. The largest absolute Gasteiger partial charge is 0.416 e. The molecule has 1 heterocycles. The standard InChI is InChI=1S/C31H32F3N3O2/c1-5-6-9-17-36(29(38)23-11-10-12-24(19-23)31(32,33)34)22(4)28-35-26-14-8-7-13-25(26)30(39)37(28)27-16-15-20(2)18-21(27)3/h7-8,10-16,18-19,22H,5-6,9,17H2,1-4H3. The summed E-state index contributed by atoms with van der Waals surface area (Å²) >= 11 is 0. The Balaban J connectivity index is 1.90. The van der Waals surface area contributed by atoms with Crippen LogP contribution in [0, 0.1) is 13.8 Å². The minimum Gasteiger partial charge on any atom is -0.329 e. The molecule has 3 aromatic carbocycles. The van der Waals surface area contributed by atoms with Gasteiger partial charge in [0.1, 0.15) is 5.82 Å². The Labute approximate surface area is 225 Å². The van der Waals surface area contributed by atoms with E-state index in [0.29, 0.717) is 35.4 Å². The van der Waals surface area contributed by atoms with Crippen molar-refractivity contribution in [2.75, 3.05) is 6.54 Å². The number of halogens is 3. The monoisotopic (exact) mass is 535 g/mol. The molecular weight excluding hydrogens is 503 g/mol. The summed E-state index contributed by atoms with van der Waals surface area (Å²) in [6.45, 7) is 7.98. The molecule has 0 aliphatic carbocycles. The normalized spacial score (nSPS) is 12.5. The van der Waals surface area contributed by atoms with E-state index in [0.717, 1.165) is 36.1 Å². The van der Waals surface area contributed by atoms with E-state index in [9.17, 15) is 22.8 Å². The summed E-state index contributed by atoms with van der Waals surface area (Å²) in [5.74, 6) is -0.193. The maximum Gasteiger partial charge on any atom is 0.416 e. The average Bonchev–Trinajstić information content (AvgIpc) is 2.90. The second-order valence-electron chi connectivity index (χ2n) is 9.88. The molecule has 39 heavy (non-hydrogen) atoms. The molecule has 8 heteroatoms. The third-order valence-electron chi connectivity index (χ3n) is 6.94. The predicted molar refractivity (Wildman–Crippen MR) is 147 cm³/mol. The van der Waals surface area contributed by atoms with E-state index in [-0.39, 0.29) is 11.1 Å². The van der Waals surface area contributed by atoms with Crippen molar-refractivity contribution in [1.29, 1.82) is 0 Å². The third kappa shape index (κ3) is 5.90. The molecule has 0 spiro atoms. The topological polar surface area (TPSA) is 55.2 Å². The van der Waals surface area contributed by atoms with E-state index in [1.54, 1.807) is 31.2 Å². The van der Waals surface area contributed by atoms with E-state index in [2.05, 4.69) is 0 Å². The first-order chi connectivity index (χ1) is 18.5. The molecule has 0 radical (unpaired) electrons. The van der Waals surface area contributed by atoms with Crippen molar-refractivity contribution in [3.63, 3.8) is 0 Å². The fourth-order valence-corrected chi connectivity index (χ4v) is 4.86. The van der Waals surface area contributed by atoms with Crippen LogP contribution >= 0.6 is 0 Å². The Morgan fingerprint density at radius 3 is 2.44 bits per heavy atom. The quantitative estimate of drug-likeness (QED) is 0.221. The van der Waals surface area contributed by atoms with Gasteiger partial charge in [0.15, 0.2) is 0 Å². The van der Waals surface area contributed by atoms with Gasteiger partial charge in [0, 0.05) is 12.1 Å². The molecule has 4 aromatic rings. The van der Waals surface area contributed by atoms with Crippen LogP contribution < -0.4 is 5.56 Å². The zero-order valence-corrected chi connectivity index (χ0v) is 22.5. The van der Waals surface area contributed by atoms with Gasteiger partial charge in [-0.15, -0.1) is 0 Å². The summed E-state index contributed by atoms with van der Waals surface area (Å²) < 4.78 is 41.8. The van der Waals surface area contributed by atoms with Gasteiger partial charge in [-0.3, -0.25) is 14.2 Å². The molecule has 4 rings (SSSR count). The molecule has 1 amide bonds. The highest BCUT2D eigenvalue weighted by Crippen LogP contribution is 2.31. The van der Waals surface area contributed by atoms with Gasteiger partial charge >= 0.3 is 6.18 Å². The Bertz CT molecular complexity index is 1560. The Morgan fingerprint density at radius 2 is 1.74 bits per heavy atom. The molecule has 0 saturated carbocycles. The number of carbonyl (C=O) groups excluding carboxylic acids is 1. The summed E-state index contributed by atoms with van der Waals surface area (Å²) in [5.41, 5.74) is 1.82. The average molecular weight is 536 g/mol. The molecule has 1 unspecified atom stereocenters. The maximum absolute atomic E-state index is 13.9. The number of carbonyl (C=O) groups is 1. The van der Waals surface area contributed by atoms with Crippen LogP contribution in [0.4, 0.5) is 13.2 Å². The number of hydrogen-bond acceptors (Lipinski definition) is 3. The molecule has 0 saturated heterocycles. The molecule has 204 valence electrons. The van der Waals surface area contributed by atoms with Crippen molar-refractivity contribution < 1.29 is 18.0 Å². The number of alkyl halides is 3. The van der Waals surface area contributed by atoms with Gasteiger partial charge in [-0.25, -0.2) is 4.98 Å². The first-order valence-electron chi connectivity index (χ1n) is 13.1. The van der Waals surface area contributed by atoms with Crippen LogP contribution in [-0.2, 0) is 6.18 Å². The van der Waals surface area contributed by atoms with E-state index < -0.39 is 23.7 Å². The summed E-state index contributed by atoms with van der Waals surface area (Å²) in [6.07, 6.45) is -2.17. The Morgan fingerprint density at radius 1 is 1.00 bits per heavy atom. The van der Waals surface area contributed by atoms with Gasteiger partial charge in [-0.2, -0.15) is 13.2 Å². The first-order valence-corrected chi connectivity index (χ1v) is 13.1. The Hall–Kier alpha value is -3.94. The number of nitrogens with zero attached hydrogens (tertiary/aromatic N) is 3. The number of fused-ring (bicyclic) bond motifs is 1. The predicted octanol–water partition coefficient (Wildman–Crippen LogP) is 7.41. The minimum atomic E-state index is -4.57. The van der Waals surface area contributed by atoms with Gasteiger partial charge in [0.05, 0.1) is 28.2 Å². The fraction of sp³-hybridized carbons (Fsp3) is 0.323. The van der Waals surface area contributed by atoms with Crippen LogP contribution in [0.15, 0.2) is 71.5 Å². The van der Waals surface area contributed by atoms with Crippen LogP contribution in [-0.4, -0.2) is 26.9 Å². The van der Waals surface area contributed by atoms with Crippen molar-refractivity contribution in [2.45, 2.75) is 59.2 Å². The summed E-state index contributed by atoms with van der Waals surface area (Å²) in [5, 5.41) is 0.440. The number of benzene rings is 3. The van der Waals surface area contributed by atoms with Crippen LogP contribution in [0.25, 0.3) is 16.6 Å². The van der Waals surface area contributed by atoms with Crippen molar-refractivity contribution in [1.82, 2.24) is 14.5 Å². The van der Waals surface area contributed by atoms with Crippen LogP contribution in [0.2, 0.25) is 0 Å². The van der Waals surface area contributed by atoms with Gasteiger partial charge in [0.2, 0.25) is 0 Å². The third-order valence-corrected chi connectivity index (χ3v) is 6.94. The lowest BCUT2D eigenvalue weighted by atomic mass is 10.1. The van der Waals surface area contributed by atoms with Gasteiger partial charge in [-0.1, -0.05) is 55.7 Å². The zero-order valence-electron chi connectivity index (χ0n) is 22.5. The number of unbranched alkanes of at least 4 members (excludes halogenated alkanes) is 2. The summed E-state index contributed by atoms with van der Waals surface area (Å²) in [4.78, 5) is 34.0. The van der Waals surface area contributed by atoms with Crippen LogP contribution in [0.5, 0.6) is 0 Å². The number of aryl methyl sites for hydroxylation is 2. The smallest absolute Gasteiger partial charge is 0.329 e. The van der Waals surface area contributed by atoms with Crippen molar-refractivity contribution >= 4 is 16.8 Å². The molecule has 0 aliphatic rings. The Kier molecular flexibility index (Phi) is 8.23. The first kappa shape index (κ1) is 28.1. The molecule has 0 N–H and O–H groups in total. The molecule has 0 fully saturated rings. The van der Waals surface area contributed by atoms with Crippen molar-refractivity contribution in [2.24, 2.45) is 0 Å². The second-order valence-corrected chi connectivity index (χ2v) is 9.88. The van der Waals surface area contributed by atoms with Crippen LogP contribution in [0.3, 0.4) is 0 Å². The highest BCUT2D eigenvalue weighted by atomic mass is 19.4. The summed E-state index contributed by atoms with van der Waals surface area (Å²) in [7, 11) is 0. The molecule has 0 aliphatic heterocycles. The van der Waals surface area contributed by atoms with E-state index in [1.807, 2.05) is 39.0 Å². The number of aromatic nitrogens is 2. The highest BCUT2D eigenvalue weighted by molar-refractivity contribution is 5.94. The van der Waals surface area contributed by atoms with Gasteiger partial charge in [-0.05, 0) is 69.2 Å². The number of rotatable bonds is 8. The number of hydrogen-bond donors (Lipinski definition) is 0. The van der Waals surface area contributed by atoms with E-state index in [4.69, 9.17) is 4.98 Å². The molecule has 0 bridgehead atoms. The zero-order chi connectivity index (χ0) is 28.3. The molecule has 1 atom stereocenters. The fourth-order valence-electron chi connectivity index (χ4n) is 4.86. The molecule has 1 aromatic heterocycles. The van der Waals surface area contributed by atoms with Crippen LogP contribution in [0.1, 0.15) is 72.0 Å². The second kappa shape index (κ2) is 11.4. The van der Waals surface area contributed by atoms with Crippen molar-refractivity contribution in [3.8, 4) is 5.69 Å². The number of amides is 1. The molecule has 5 nitrogen and oxygen atoms in total. The van der Waals surface area contributed by atoms with Gasteiger partial charge < -0.3 is 4.90 Å². The molecular formula is C31H32F3N3O2. The minimum absolute atomic E-state index is 0.0608. The highest BCUT2D eigenvalue weighted by Gasteiger charge is 2.33. The maximum atomic E-state index is 13.9. The SMILES string of the molecule is CCCCCN(C(=O)c1cccc(C(F)(F)F)c1)C(C)c1nc2ccccc2c(=O)n1-c1ccc(C)cc1C. The van der Waals surface area contributed by atoms with E-state index >= 15 is 0 Å².